The van der Waals surface area contributed by atoms with Gasteiger partial charge in [-0.25, -0.2) is 4.98 Å². The van der Waals surface area contributed by atoms with Gasteiger partial charge in [-0.1, -0.05) is 30.3 Å². The second-order valence-corrected chi connectivity index (χ2v) is 4.23. The van der Waals surface area contributed by atoms with Gasteiger partial charge in [0.15, 0.2) is 5.65 Å². The van der Waals surface area contributed by atoms with E-state index in [0.29, 0.717) is 11.3 Å². The number of benzene rings is 1. The van der Waals surface area contributed by atoms with Crippen LogP contribution in [-0.2, 0) is 0 Å². The molecule has 3 aromatic rings. The summed E-state index contributed by atoms with van der Waals surface area (Å²) < 4.78 is 1.21. The molecule has 0 fully saturated rings. The number of aliphatic hydroxyl groups excluding tert-OH is 1. The lowest BCUT2D eigenvalue weighted by Gasteiger charge is -1.93. The molecule has 2 heterocycles. The van der Waals surface area contributed by atoms with E-state index in [1.807, 2.05) is 30.3 Å². The van der Waals surface area contributed by atoms with Crippen molar-refractivity contribution in [2.24, 2.45) is 0 Å². The van der Waals surface area contributed by atoms with Crippen molar-refractivity contribution < 1.29 is 5.11 Å². The minimum atomic E-state index is -0.368. The van der Waals surface area contributed by atoms with Crippen LogP contribution in [0.4, 0.5) is 0 Å². The molecule has 0 saturated carbocycles. The number of hydrogen-bond donors (Lipinski definition) is 1. The number of nitrogens with zero attached hydrogens (tertiary/aromatic N) is 3. The molecule has 0 aliphatic heterocycles. The molecule has 0 bridgehead atoms. The number of aliphatic hydroxyl groups is 1. The summed E-state index contributed by atoms with van der Waals surface area (Å²) >= 11 is 0. The van der Waals surface area contributed by atoms with E-state index in [1.165, 1.54) is 17.6 Å². The lowest BCUT2D eigenvalue weighted by Crippen LogP contribution is -2.33. The third kappa shape index (κ3) is 1.85. The van der Waals surface area contributed by atoms with Gasteiger partial charge in [0.2, 0.25) is 0 Å². The van der Waals surface area contributed by atoms with Crippen LogP contribution in [0.1, 0.15) is 6.92 Å². The standard InChI is InChI=1S/C14H11N3O2/c1-9(18)11-8-15-13-7-12(16-17(13)14(11)19)10-5-3-2-4-6-10/h2-8,18H,1H3/b11-9+. The van der Waals surface area contributed by atoms with E-state index in [0.717, 1.165) is 5.56 Å². The van der Waals surface area contributed by atoms with E-state index in [2.05, 4.69) is 10.1 Å². The van der Waals surface area contributed by atoms with E-state index >= 15 is 0 Å². The number of hydrogen-bond acceptors (Lipinski definition) is 4. The van der Waals surface area contributed by atoms with Crippen LogP contribution >= 0.6 is 0 Å². The van der Waals surface area contributed by atoms with Crippen molar-refractivity contribution in [2.45, 2.75) is 6.92 Å². The topological polar surface area (TPSA) is 67.5 Å². The molecule has 0 aliphatic carbocycles. The van der Waals surface area contributed by atoms with Crippen LogP contribution in [0.25, 0.3) is 22.7 Å². The Labute approximate surface area is 108 Å². The van der Waals surface area contributed by atoms with Crippen LogP contribution < -0.4 is 10.8 Å². The lowest BCUT2D eigenvalue weighted by molar-refractivity contribution is 0.497. The molecule has 5 nitrogen and oxygen atoms in total. The molecule has 0 radical (unpaired) electrons. The van der Waals surface area contributed by atoms with Gasteiger partial charge in [0, 0.05) is 17.8 Å². The summed E-state index contributed by atoms with van der Waals surface area (Å²) in [7, 11) is 0. The van der Waals surface area contributed by atoms with E-state index in [4.69, 9.17) is 0 Å². The van der Waals surface area contributed by atoms with Crippen LogP contribution in [0.5, 0.6) is 0 Å². The minimum Gasteiger partial charge on any atom is -0.512 e. The Kier molecular flexibility index (Phi) is 2.52. The molecule has 1 aromatic carbocycles. The molecule has 0 amide bonds. The van der Waals surface area contributed by atoms with E-state index in [1.54, 1.807) is 6.07 Å². The third-order valence-electron chi connectivity index (χ3n) is 2.90. The summed E-state index contributed by atoms with van der Waals surface area (Å²) in [5.41, 5.74) is 1.69. The predicted octanol–water partition coefficient (Wildman–Crippen LogP) is 1.16. The second-order valence-electron chi connectivity index (χ2n) is 4.23. The molecule has 2 aromatic heterocycles. The zero-order valence-corrected chi connectivity index (χ0v) is 10.2. The molecular formula is C14H11N3O2. The van der Waals surface area contributed by atoms with Crippen molar-refractivity contribution in [3.63, 3.8) is 0 Å². The van der Waals surface area contributed by atoms with Gasteiger partial charge in [-0.15, -0.1) is 0 Å². The molecule has 0 aliphatic rings. The smallest absolute Gasteiger partial charge is 0.285 e. The molecule has 3 rings (SSSR count). The van der Waals surface area contributed by atoms with E-state index in [-0.39, 0.29) is 16.5 Å². The van der Waals surface area contributed by atoms with Crippen LogP contribution in [0.2, 0.25) is 0 Å². The fraction of sp³-hybridized carbons (Fsp3) is 0.0714. The Bertz CT molecular complexity index is 850. The molecule has 1 N–H and O–H groups in total. The Balaban J connectivity index is 2.32. The highest BCUT2D eigenvalue weighted by Crippen LogP contribution is 2.16. The first-order chi connectivity index (χ1) is 9.16. The Hall–Kier alpha value is -2.69. The highest BCUT2D eigenvalue weighted by molar-refractivity contribution is 5.63. The highest BCUT2D eigenvalue weighted by Gasteiger charge is 2.08. The van der Waals surface area contributed by atoms with Crippen molar-refractivity contribution in [1.82, 2.24) is 14.6 Å². The first-order valence-electron chi connectivity index (χ1n) is 5.81. The zero-order valence-electron chi connectivity index (χ0n) is 10.2. The third-order valence-corrected chi connectivity index (χ3v) is 2.90. The fourth-order valence-corrected chi connectivity index (χ4v) is 1.91. The summed E-state index contributed by atoms with van der Waals surface area (Å²) in [6.07, 6.45) is 1.36. The monoisotopic (exact) mass is 253 g/mol. The van der Waals surface area contributed by atoms with Crippen molar-refractivity contribution >= 4 is 11.4 Å². The Morgan fingerprint density at radius 3 is 2.68 bits per heavy atom. The summed E-state index contributed by atoms with van der Waals surface area (Å²) in [6, 6.07) is 11.3. The number of rotatable bonds is 1. The van der Waals surface area contributed by atoms with Crippen molar-refractivity contribution in [1.29, 1.82) is 0 Å². The van der Waals surface area contributed by atoms with Gasteiger partial charge in [-0.2, -0.15) is 9.61 Å². The van der Waals surface area contributed by atoms with E-state index in [9.17, 15) is 9.90 Å². The van der Waals surface area contributed by atoms with Gasteiger partial charge >= 0.3 is 0 Å². The van der Waals surface area contributed by atoms with Crippen LogP contribution in [0.15, 0.2) is 47.4 Å². The first-order valence-corrected chi connectivity index (χ1v) is 5.81. The van der Waals surface area contributed by atoms with E-state index < -0.39 is 0 Å². The Morgan fingerprint density at radius 2 is 2.00 bits per heavy atom. The molecular weight excluding hydrogens is 242 g/mol. The molecule has 0 atom stereocenters. The largest absolute Gasteiger partial charge is 0.512 e. The predicted molar refractivity (Wildman–Crippen MR) is 71.6 cm³/mol. The number of fused-ring (bicyclic) bond motifs is 1. The quantitative estimate of drug-likeness (QED) is 0.706. The molecule has 0 spiro atoms. The summed E-state index contributed by atoms with van der Waals surface area (Å²) in [5, 5.41) is 13.8. The van der Waals surface area contributed by atoms with Crippen LogP contribution in [-0.4, -0.2) is 19.7 Å². The Morgan fingerprint density at radius 1 is 1.26 bits per heavy atom. The van der Waals surface area contributed by atoms with Crippen molar-refractivity contribution in [3.8, 4) is 11.3 Å². The number of aromatic nitrogens is 3. The first kappa shape index (κ1) is 11.4. The fourth-order valence-electron chi connectivity index (χ4n) is 1.91. The van der Waals surface area contributed by atoms with Gasteiger partial charge in [0.05, 0.1) is 10.9 Å². The normalized spacial score (nSPS) is 12.7. The zero-order chi connectivity index (χ0) is 13.4. The van der Waals surface area contributed by atoms with Crippen LogP contribution in [0, 0.1) is 0 Å². The van der Waals surface area contributed by atoms with Crippen molar-refractivity contribution in [3.05, 3.63) is 58.2 Å². The molecule has 94 valence electrons. The minimum absolute atomic E-state index is 0.0591. The lowest BCUT2D eigenvalue weighted by atomic mass is 10.2. The average Bonchev–Trinajstić information content (AvgIpc) is 2.85. The highest BCUT2D eigenvalue weighted by atomic mass is 16.3. The second kappa shape index (κ2) is 4.20. The SMILES string of the molecule is C/C(O)=c1/cnc2cc(-c3ccccc3)nn2c1=O. The summed E-state index contributed by atoms with van der Waals surface area (Å²) in [5.74, 6) is -0.0591. The van der Waals surface area contributed by atoms with Gasteiger partial charge in [-0.3, -0.25) is 4.79 Å². The van der Waals surface area contributed by atoms with Crippen molar-refractivity contribution in [2.75, 3.05) is 0 Å². The maximum atomic E-state index is 12.1. The molecule has 5 heteroatoms. The maximum Gasteiger partial charge on any atom is 0.285 e. The average molecular weight is 253 g/mol. The van der Waals surface area contributed by atoms with Gasteiger partial charge in [-0.05, 0) is 6.92 Å². The molecule has 0 unspecified atom stereocenters. The summed E-state index contributed by atoms with van der Waals surface area (Å²) in [4.78, 5) is 16.2. The van der Waals surface area contributed by atoms with Gasteiger partial charge in [0.1, 0.15) is 5.76 Å². The van der Waals surface area contributed by atoms with Crippen LogP contribution in [0.3, 0.4) is 0 Å². The van der Waals surface area contributed by atoms with Gasteiger partial charge < -0.3 is 5.11 Å². The summed E-state index contributed by atoms with van der Waals surface area (Å²) in [6.45, 7) is 1.45. The van der Waals surface area contributed by atoms with Gasteiger partial charge in [0.25, 0.3) is 5.56 Å². The molecule has 0 saturated heterocycles. The molecule has 19 heavy (non-hydrogen) atoms. The maximum absolute atomic E-state index is 12.1.